The highest BCUT2D eigenvalue weighted by molar-refractivity contribution is 7.84. The first kappa shape index (κ1) is 10.4. The molecule has 0 aromatic rings. The van der Waals surface area contributed by atoms with Crippen molar-refractivity contribution in [2.75, 3.05) is 19.1 Å². The Morgan fingerprint density at radius 1 is 1.73 bits per heavy atom. The van der Waals surface area contributed by atoms with Gasteiger partial charge in [-0.15, -0.1) is 0 Å². The largest absolute Gasteiger partial charge is 0.351 e. The Hall–Kier alpha value is -0.580. The van der Waals surface area contributed by atoms with Crippen LogP contribution in [0.3, 0.4) is 0 Å². The third-order valence-electron chi connectivity index (χ3n) is 1.48. The zero-order chi connectivity index (χ0) is 9.02. The molecule has 66 valence electrons. The fourth-order valence-electron chi connectivity index (χ4n) is 0.669. The maximum absolute atomic E-state index is 10.7. The van der Waals surface area contributed by atoms with Crippen LogP contribution in [0.5, 0.6) is 0 Å². The molecule has 0 saturated heterocycles. The smallest absolute Gasteiger partial charge is 0.314 e. The van der Waals surface area contributed by atoms with Gasteiger partial charge >= 0.3 is 6.03 Å². The van der Waals surface area contributed by atoms with E-state index in [0.717, 1.165) is 0 Å². The van der Waals surface area contributed by atoms with Crippen LogP contribution in [0, 0.1) is 0 Å². The van der Waals surface area contributed by atoms with Crippen LogP contribution in [-0.2, 0) is 10.8 Å². The Balaban J connectivity index is 3.92. The van der Waals surface area contributed by atoms with Gasteiger partial charge in [0.2, 0.25) is 0 Å². The van der Waals surface area contributed by atoms with Gasteiger partial charge in [-0.25, -0.2) is 4.79 Å². The lowest BCUT2D eigenvalue weighted by Crippen LogP contribution is -2.41. The van der Waals surface area contributed by atoms with Gasteiger partial charge in [0, 0.05) is 35.9 Å². The van der Waals surface area contributed by atoms with Gasteiger partial charge in [0.05, 0.1) is 0 Å². The van der Waals surface area contributed by atoms with Crippen LogP contribution in [0.25, 0.3) is 0 Å². The number of carbonyl (C=O) groups excluding carboxylic acids is 1. The average Bonchev–Trinajstić information content (AvgIpc) is 1.84. The van der Waals surface area contributed by atoms with Gasteiger partial charge in [0.1, 0.15) is 0 Å². The van der Waals surface area contributed by atoms with Crippen LogP contribution in [0.15, 0.2) is 0 Å². The first-order chi connectivity index (χ1) is 4.95. The van der Waals surface area contributed by atoms with E-state index in [2.05, 4.69) is 0 Å². The monoisotopic (exact) mass is 178 g/mol. The van der Waals surface area contributed by atoms with E-state index in [1.165, 1.54) is 4.90 Å². The van der Waals surface area contributed by atoms with E-state index in [1.807, 2.05) is 6.92 Å². The molecule has 0 aromatic carbocycles. The van der Waals surface area contributed by atoms with Crippen molar-refractivity contribution in [3.05, 3.63) is 0 Å². The fourth-order valence-corrected chi connectivity index (χ4v) is 1.57. The topological polar surface area (TPSA) is 63.4 Å². The summed E-state index contributed by atoms with van der Waals surface area (Å²) in [6.45, 7) is 1.81. The first-order valence-electron chi connectivity index (χ1n) is 3.27. The van der Waals surface area contributed by atoms with Crippen molar-refractivity contribution < 1.29 is 9.00 Å². The molecule has 2 atom stereocenters. The number of carbonyl (C=O) groups is 1. The summed E-state index contributed by atoms with van der Waals surface area (Å²) < 4.78 is 10.7. The maximum Gasteiger partial charge on any atom is 0.314 e. The third kappa shape index (κ3) is 3.98. The number of hydrogen-bond donors (Lipinski definition) is 1. The molecule has 0 spiro atoms. The second-order valence-corrected chi connectivity index (χ2v) is 4.02. The fraction of sp³-hybridized carbons (Fsp3) is 0.833. The van der Waals surface area contributed by atoms with Gasteiger partial charge in [0.15, 0.2) is 0 Å². The van der Waals surface area contributed by atoms with Gasteiger partial charge < -0.3 is 10.6 Å². The summed E-state index contributed by atoms with van der Waals surface area (Å²) in [5, 5.41) is 0. The van der Waals surface area contributed by atoms with Crippen LogP contribution < -0.4 is 5.73 Å². The van der Waals surface area contributed by atoms with E-state index < -0.39 is 16.8 Å². The van der Waals surface area contributed by atoms with Crippen molar-refractivity contribution in [2.45, 2.75) is 13.0 Å². The Labute approximate surface area is 69.2 Å². The SMILES string of the molecule is CC(CS(C)=O)N(C)C(N)=O. The molecule has 11 heavy (non-hydrogen) atoms. The Bertz CT molecular complexity index is 172. The van der Waals surface area contributed by atoms with Crippen molar-refractivity contribution >= 4 is 16.8 Å². The highest BCUT2D eigenvalue weighted by atomic mass is 32.2. The minimum atomic E-state index is -0.882. The van der Waals surface area contributed by atoms with Crippen molar-refractivity contribution in [3.8, 4) is 0 Å². The van der Waals surface area contributed by atoms with Crippen LogP contribution in [0.4, 0.5) is 4.79 Å². The number of nitrogens with zero attached hydrogens (tertiary/aromatic N) is 1. The van der Waals surface area contributed by atoms with E-state index in [1.54, 1.807) is 13.3 Å². The molecule has 0 aliphatic heterocycles. The number of primary amides is 1. The molecule has 0 aliphatic rings. The molecule has 5 heteroatoms. The van der Waals surface area contributed by atoms with Crippen LogP contribution >= 0.6 is 0 Å². The Morgan fingerprint density at radius 3 is 2.45 bits per heavy atom. The minimum Gasteiger partial charge on any atom is -0.351 e. The van der Waals surface area contributed by atoms with E-state index in [0.29, 0.717) is 5.75 Å². The summed E-state index contributed by atoms with van der Waals surface area (Å²) in [6.07, 6.45) is 1.60. The lowest BCUT2D eigenvalue weighted by molar-refractivity contribution is 0.208. The highest BCUT2D eigenvalue weighted by Crippen LogP contribution is 1.95. The summed E-state index contributed by atoms with van der Waals surface area (Å²) in [6, 6.07) is -0.540. The number of urea groups is 1. The van der Waals surface area contributed by atoms with Crippen LogP contribution in [0.2, 0.25) is 0 Å². The Morgan fingerprint density at radius 2 is 2.18 bits per heavy atom. The minimum absolute atomic E-state index is 0.0571. The molecule has 0 aromatic heterocycles. The normalized spacial score (nSPS) is 15.5. The summed E-state index contributed by atoms with van der Waals surface area (Å²) in [5.74, 6) is 0.472. The predicted octanol–water partition coefficient (Wildman–Crippen LogP) is -0.236. The summed E-state index contributed by atoms with van der Waals surface area (Å²) >= 11 is 0. The number of nitrogens with two attached hydrogens (primary N) is 1. The Kier molecular flexibility index (Phi) is 4.10. The first-order valence-corrected chi connectivity index (χ1v) is 5.00. The van der Waals surface area contributed by atoms with Crippen molar-refractivity contribution in [3.63, 3.8) is 0 Å². The van der Waals surface area contributed by atoms with E-state index >= 15 is 0 Å². The molecule has 2 amide bonds. The molecule has 2 unspecified atom stereocenters. The van der Waals surface area contributed by atoms with Crippen LogP contribution in [0.1, 0.15) is 6.92 Å². The second kappa shape index (κ2) is 4.33. The highest BCUT2D eigenvalue weighted by Gasteiger charge is 2.13. The molecular formula is C6H14N2O2S. The number of amides is 2. The standard InChI is InChI=1S/C6H14N2O2S/c1-5(4-11(3)10)8(2)6(7)9/h5H,4H2,1-3H3,(H2,7,9). The van der Waals surface area contributed by atoms with Crippen molar-refractivity contribution in [1.82, 2.24) is 4.90 Å². The molecule has 0 saturated carbocycles. The van der Waals surface area contributed by atoms with E-state index in [-0.39, 0.29) is 6.04 Å². The van der Waals surface area contributed by atoms with E-state index in [4.69, 9.17) is 5.73 Å². The van der Waals surface area contributed by atoms with Gasteiger partial charge in [-0.2, -0.15) is 0 Å². The molecular weight excluding hydrogens is 164 g/mol. The molecule has 2 N–H and O–H groups in total. The third-order valence-corrected chi connectivity index (χ3v) is 2.44. The van der Waals surface area contributed by atoms with Gasteiger partial charge in [-0.1, -0.05) is 0 Å². The molecule has 4 nitrogen and oxygen atoms in total. The predicted molar refractivity (Wildman–Crippen MR) is 45.7 cm³/mol. The summed E-state index contributed by atoms with van der Waals surface area (Å²) in [5.41, 5.74) is 5.00. The zero-order valence-corrected chi connectivity index (χ0v) is 7.85. The number of rotatable bonds is 3. The van der Waals surface area contributed by atoms with Crippen molar-refractivity contribution in [1.29, 1.82) is 0 Å². The molecule has 0 aliphatic carbocycles. The zero-order valence-electron chi connectivity index (χ0n) is 7.03. The van der Waals surface area contributed by atoms with Crippen LogP contribution in [-0.4, -0.2) is 40.2 Å². The maximum atomic E-state index is 10.7. The van der Waals surface area contributed by atoms with Crippen molar-refractivity contribution in [2.24, 2.45) is 5.73 Å². The van der Waals surface area contributed by atoms with Gasteiger partial charge in [-0.05, 0) is 6.92 Å². The second-order valence-electron chi connectivity index (χ2n) is 2.54. The van der Waals surface area contributed by atoms with E-state index in [9.17, 15) is 9.00 Å². The lowest BCUT2D eigenvalue weighted by atomic mass is 10.4. The average molecular weight is 178 g/mol. The molecule has 0 radical (unpaired) electrons. The molecule has 0 heterocycles. The molecule has 0 fully saturated rings. The lowest BCUT2D eigenvalue weighted by Gasteiger charge is -2.21. The summed E-state index contributed by atoms with van der Waals surface area (Å²) in [4.78, 5) is 11.9. The van der Waals surface area contributed by atoms with Gasteiger partial charge in [0.25, 0.3) is 0 Å². The summed E-state index contributed by atoms with van der Waals surface area (Å²) in [7, 11) is 0.715. The quantitative estimate of drug-likeness (QED) is 0.648. The number of hydrogen-bond acceptors (Lipinski definition) is 2. The van der Waals surface area contributed by atoms with Gasteiger partial charge in [-0.3, -0.25) is 4.21 Å². The molecule has 0 rings (SSSR count). The molecule has 0 bridgehead atoms.